The van der Waals surface area contributed by atoms with E-state index in [-0.39, 0.29) is 0 Å². The van der Waals surface area contributed by atoms with Crippen LogP contribution >= 0.6 is 0 Å². The first kappa shape index (κ1) is 20.2. The van der Waals surface area contributed by atoms with E-state index in [0.717, 1.165) is 28.8 Å². The fraction of sp³-hybridized carbons (Fsp3) is 0.125. The zero-order valence-corrected chi connectivity index (χ0v) is 15.8. The Bertz CT molecular complexity index is 1060. The highest BCUT2D eigenvalue weighted by Gasteiger charge is 2.30. The molecule has 0 aliphatic heterocycles. The summed E-state index contributed by atoms with van der Waals surface area (Å²) in [6, 6.07) is 17.4. The molecule has 0 amide bonds. The van der Waals surface area contributed by atoms with E-state index in [0.29, 0.717) is 16.9 Å². The normalized spacial score (nSPS) is 10.8. The summed E-state index contributed by atoms with van der Waals surface area (Å²) in [7, 11) is 0. The highest BCUT2D eigenvalue weighted by Crippen LogP contribution is 2.34. The molecule has 0 aliphatic carbocycles. The van der Waals surface area contributed by atoms with Gasteiger partial charge in [-0.05, 0) is 72.5 Å². The molecule has 29 heavy (non-hydrogen) atoms. The maximum atomic E-state index is 12.8. The average molecular weight is 394 g/mol. The first-order valence-electron chi connectivity index (χ1n) is 8.82. The van der Waals surface area contributed by atoms with Gasteiger partial charge in [0.05, 0.1) is 5.56 Å². The lowest BCUT2D eigenvalue weighted by Gasteiger charge is -2.13. The van der Waals surface area contributed by atoms with E-state index < -0.39 is 17.7 Å². The van der Waals surface area contributed by atoms with Crippen LogP contribution in [0, 0.1) is 25.7 Å². The Hall–Kier alpha value is -3.52. The van der Waals surface area contributed by atoms with Crippen LogP contribution in [0.1, 0.15) is 22.3 Å². The molecule has 0 radical (unpaired) electrons. The Kier molecular flexibility index (Phi) is 5.74. The molecule has 5 heteroatoms. The Morgan fingerprint density at radius 1 is 0.897 bits per heavy atom. The quantitative estimate of drug-likeness (QED) is 0.305. The molecule has 0 saturated carbocycles. The van der Waals surface area contributed by atoms with Crippen molar-refractivity contribution >= 4 is 5.97 Å². The predicted octanol–water partition coefficient (Wildman–Crippen LogP) is 5.95. The smallest absolute Gasteiger partial charge is 0.416 e. The summed E-state index contributed by atoms with van der Waals surface area (Å²) in [5, 5.41) is 0. The molecule has 0 aliphatic rings. The zero-order chi connectivity index (χ0) is 21.0. The molecule has 0 N–H and O–H groups in total. The molecule has 146 valence electrons. The molecule has 0 aromatic heterocycles. The van der Waals surface area contributed by atoms with Gasteiger partial charge in [-0.1, -0.05) is 36.3 Å². The van der Waals surface area contributed by atoms with Crippen LogP contribution in [0.15, 0.2) is 66.7 Å². The summed E-state index contributed by atoms with van der Waals surface area (Å²) in [4.78, 5) is 12.0. The van der Waals surface area contributed by atoms with Crippen LogP contribution in [0.5, 0.6) is 5.75 Å². The van der Waals surface area contributed by atoms with E-state index in [9.17, 15) is 18.0 Å². The number of esters is 1. The van der Waals surface area contributed by atoms with Crippen molar-refractivity contribution in [1.82, 2.24) is 0 Å². The molecule has 0 saturated heterocycles. The van der Waals surface area contributed by atoms with Gasteiger partial charge >= 0.3 is 12.1 Å². The third-order valence-corrected chi connectivity index (χ3v) is 4.30. The van der Waals surface area contributed by atoms with E-state index in [2.05, 4.69) is 11.8 Å². The number of hydrogen-bond donors (Lipinski definition) is 0. The van der Waals surface area contributed by atoms with Crippen molar-refractivity contribution in [2.75, 3.05) is 0 Å². The van der Waals surface area contributed by atoms with Crippen molar-refractivity contribution in [3.8, 4) is 28.7 Å². The van der Waals surface area contributed by atoms with Crippen LogP contribution in [0.2, 0.25) is 0 Å². The van der Waals surface area contributed by atoms with Crippen LogP contribution < -0.4 is 4.74 Å². The summed E-state index contributed by atoms with van der Waals surface area (Å²) in [6.45, 7) is 3.62. The number of ether oxygens (including phenoxy) is 1. The number of benzene rings is 3. The summed E-state index contributed by atoms with van der Waals surface area (Å²) < 4.78 is 43.6. The van der Waals surface area contributed by atoms with Crippen LogP contribution in [-0.2, 0) is 11.0 Å². The molecule has 0 heterocycles. The third-order valence-electron chi connectivity index (χ3n) is 4.30. The Labute approximate surface area is 167 Å². The highest BCUT2D eigenvalue weighted by molar-refractivity contribution is 5.91. The first-order valence-corrected chi connectivity index (χ1v) is 8.82. The minimum atomic E-state index is -4.37. The molecule has 0 unspecified atom stereocenters. The second-order valence-electron chi connectivity index (χ2n) is 6.51. The van der Waals surface area contributed by atoms with E-state index in [4.69, 9.17) is 4.74 Å². The van der Waals surface area contributed by atoms with Gasteiger partial charge in [0.25, 0.3) is 0 Å². The maximum Gasteiger partial charge on any atom is 0.416 e. The molecule has 0 spiro atoms. The predicted molar refractivity (Wildman–Crippen MR) is 105 cm³/mol. The van der Waals surface area contributed by atoms with Crippen LogP contribution in [0.3, 0.4) is 0 Å². The van der Waals surface area contributed by atoms with Crippen LogP contribution in [0.4, 0.5) is 13.2 Å². The largest absolute Gasteiger partial charge is 0.417 e. The highest BCUT2D eigenvalue weighted by atomic mass is 19.4. The van der Waals surface area contributed by atoms with Gasteiger partial charge in [0.1, 0.15) is 5.75 Å². The molecule has 2 nitrogen and oxygen atoms in total. The number of carbonyl (C=O) groups is 1. The number of rotatable bonds is 2. The number of carbonyl (C=O) groups excluding carboxylic acids is 1. The lowest BCUT2D eigenvalue weighted by molar-refractivity contribution is -0.137. The fourth-order valence-electron chi connectivity index (χ4n) is 3.04. The van der Waals surface area contributed by atoms with Crippen molar-refractivity contribution in [3.05, 3.63) is 89.0 Å². The standard InChI is InChI=1S/C24H17F3O2/c1-16-14-21(29-22(28)13-8-18-6-4-3-5-7-18)15-17(2)23(16)19-9-11-20(12-10-19)24(25,26)27/h3-7,9-12,14-15H,1-2H3. The summed E-state index contributed by atoms with van der Waals surface area (Å²) >= 11 is 0. The average Bonchev–Trinajstić information content (AvgIpc) is 2.66. The van der Waals surface area contributed by atoms with Crippen molar-refractivity contribution in [3.63, 3.8) is 0 Å². The van der Waals surface area contributed by atoms with Crippen LogP contribution in [-0.4, -0.2) is 5.97 Å². The second-order valence-corrected chi connectivity index (χ2v) is 6.51. The monoisotopic (exact) mass is 394 g/mol. The van der Waals surface area contributed by atoms with Crippen molar-refractivity contribution in [1.29, 1.82) is 0 Å². The third kappa shape index (κ3) is 5.05. The molecule has 0 fully saturated rings. The lowest BCUT2D eigenvalue weighted by Crippen LogP contribution is -2.06. The number of aryl methyl sites for hydroxylation is 2. The SMILES string of the molecule is Cc1cc(OC(=O)C#Cc2ccccc2)cc(C)c1-c1ccc(C(F)(F)F)cc1. The Balaban J connectivity index is 1.81. The summed E-state index contributed by atoms with van der Waals surface area (Å²) in [5.41, 5.74) is 3.03. The molecule has 3 rings (SSSR count). The lowest BCUT2D eigenvalue weighted by atomic mass is 9.94. The van der Waals surface area contributed by atoms with Crippen LogP contribution in [0.25, 0.3) is 11.1 Å². The maximum absolute atomic E-state index is 12.8. The van der Waals surface area contributed by atoms with Gasteiger partial charge in [0.15, 0.2) is 0 Å². The van der Waals surface area contributed by atoms with E-state index in [1.165, 1.54) is 12.1 Å². The number of halogens is 3. The van der Waals surface area contributed by atoms with Gasteiger partial charge in [0.2, 0.25) is 0 Å². The van der Waals surface area contributed by atoms with Crippen molar-refractivity contribution < 1.29 is 22.7 Å². The van der Waals surface area contributed by atoms with Gasteiger partial charge < -0.3 is 4.74 Å². The molecule has 3 aromatic carbocycles. The Morgan fingerprint density at radius 3 is 2.03 bits per heavy atom. The van der Waals surface area contributed by atoms with Gasteiger partial charge in [-0.2, -0.15) is 13.2 Å². The molecular formula is C24H17F3O2. The number of alkyl halides is 3. The van der Waals surface area contributed by atoms with E-state index in [1.54, 1.807) is 24.3 Å². The Morgan fingerprint density at radius 2 is 1.48 bits per heavy atom. The molecule has 0 bridgehead atoms. The first-order chi connectivity index (χ1) is 13.7. The van der Waals surface area contributed by atoms with Crippen molar-refractivity contribution in [2.24, 2.45) is 0 Å². The van der Waals surface area contributed by atoms with E-state index >= 15 is 0 Å². The molecule has 0 atom stereocenters. The zero-order valence-electron chi connectivity index (χ0n) is 15.8. The van der Waals surface area contributed by atoms with Gasteiger partial charge in [-0.15, -0.1) is 0 Å². The number of hydrogen-bond acceptors (Lipinski definition) is 2. The fourth-order valence-corrected chi connectivity index (χ4v) is 3.04. The summed E-state index contributed by atoms with van der Waals surface area (Å²) in [6.07, 6.45) is -4.37. The topological polar surface area (TPSA) is 26.3 Å². The summed E-state index contributed by atoms with van der Waals surface area (Å²) in [5.74, 6) is 4.82. The van der Waals surface area contributed by atoms with E-state index in [1.807, 2.05) is 32.0 Å². The van der Waals surface area contributed by atoms with Gasteiger partial charge in [-0.25, -0.2) is 4.79 Å². The minimum absolute atomic E-state index is 0.336. The second kappa shape index (κ2) is 8.24. The minimum Gasteiger partial charge on any atom is -0.417 e. The molecule has 3 aromatic rings. The molecular weight excluding hydrogens is 377 g/mol. The van der Waals surface area contributed by atoms with Crippen molar-refractivity contribution in [2.45, 2.75) is 20.0 Å². The van der Waals surface area contributed by atoms with Gasteiger partial charge in [0, 0.05) is 11.5 Å². The van der Waals surface area contributed by atoms with Gasteiger partial charge in [-0.3, -0.25) is 0 Å².